The second-order valence-electron chi connectivity index (χ2n) is 5.63. The molecule has 0 unspecified atom stereocenters. The zero-order chi connectivity index (χ0) is 14.4. The molecule has 5 nitrogen and oxygen atoms in total. The fourth-order valence-electron chi connectivity index (χ4n) is 2.55. The molecule has 0 spiro atoms. The molecule has 2 rings (SSSR count). The number of rotatable bonds is 6. The number of furan rings is 1. The summed E-state index contributed by atoms with van der Waals surface area (Å²) in [5.74, 6) is 1.13. The Labute approximate surface area is 120 Å². The van der Waals surface area contributed by atoms with Crippen molar-refractivity contribution in [1.29, 1.82) is 0 Å². The van der Waals surface area contributed by atoms with Gasteiger partial charge in [-0.15, -0.1) is 0 Å². The molecule has 2 heterocycles. The Morgan fingerprint density at radius 2 is 2.30 bits per heavy atom. The van der Waals surface area contributed by atoms with Crippen LogP contribution in [0, 0.1) is 0 Å². The number of nitrogens with zero attached hydrogens (tertiary/aromatic N) is 2. The van der Waals surface area contributed by atoms with Gasteiger partial charge in [0.05, 0.1) is 6.26 Å². The molecule has 5 heteroatoms. The Morgan fingerprint density at radius 3 is 3.05 bits per heavy atom. The normalized spacial score (nSPS) is 21.0. The van der Waals surface area contributed by atoms with Gasteiger partial charge in [-0.2, -0.15) is 0 Å². The van der Waals surface area contributed by atoms with Gasteiger partial charge in [0.15, 0.2) is 0 Å². The van der Waals surface area contributed by atoms with Gasteiger partial charge in [0.1, 0.15) is 5.76 Å². The smallest absolute Gasteiger partial charge is 0.221 e. The molecular formula is C15H25N3O2. The number of carbonyl (C=O) groups is 1. The summed E-state index contributed by atoms with van der Waals surface area (Å²) in [5.41, 5.74) is 0. The van der Waals surface area contributed by atoms with Crippen LogP contribution >= 0.6 is 0 Å². The maximum Gasteiger partial charge on any atom is 0.221 e. The fraction of sp³-hybridized carbons (Fsp3) is 0.667. The summed E-state index contributed by atoms with van der Waals surface area (Å²) in [6.07, 6.45) is 4.06. The minimum absolute atomic E-state index is 0.150. The van der Waals surface area contributed by atoms with Gasteiger partial charge in [0, 0.05) is 45.1 Å². The van der Waals surface area contributed by atoms with Crippen LogP contribution in [0.3, 0.4) is 0 Å². The summed E-state index contributed by atoms with van der Waals surface area (Å²) < 4.78 is 5.26. The molecule has 0 bridgehead atoms. The molecule has 1 aromatic rings. The van der Waals surface area contributed by atoms with Crippen LogP contribution in [0.5, 0.6) is 0 Å². The zero-order valence-electron chi connectivity index (χ0n) is 12.5. The second-order valence-corrected chi connectivity index (χ2v) is 5.63. The average molecular weight is 279 g/mol. The van der Waals surface area contributed by atoms with E-state index in [9.17, 15) is 4.79 Å². The van der Waals surface area contributed by atoms with Crippen molar-refractivity contribution in [2.24, 2.45) is 0 Å². The lowest BCUT2D eigenvalue weighted by Gasteiger charge is -2.37. The molecule has 1 N–H and O–H groups in total. The lowest BCUT2D eigenvalue weighted by molar-refractivity contribution is -0.122. The number of amides is 1. The molecule has 1 aliphatic rings. The van der Waals surface area contributed by atoms with Gasteiger partial charge in [-0.1, -0.05) is 0 Å². The first-order valence-electron chi connectivity index (χ1n) is 7.33. The minimum Gasteiger partial charge on any atom is -0.469 e. The van der Waals surface area contributed by atoms with E-state index in [1.54, 1.807) is 6.26 Å². The molecule has 0 aliphatic carbocycles. The van der Waals surface area contributed by atoms with Crippen molar-refractivity contribution in [3.05, 3.63) is 24.2 Å². The highest BCUT2D eigenvalue weighted by atomic mass is 16.3. The van der Waals surface area contributed by atoms with Crippen molar-refractivity contribution in [2.75, 3.05) is 40.3 Å². The van der Waals surface area contributed by atoms with Crippen molar-refractivity contribution >= 4 is 5.91 Å². The van der Waals surface area contributed by atoms with Crippen molar-refractivity contribution in [3.63, 3.8) is 0 Å². The number of likely N-dealkylation sites (N-methyl/N-ethyl adjacent to an activating group) is 2. The lowest BCUT2D eigenvalue weighted by Crippen LogP contribution is -2.51. The van der Waals surface area contributed by atoms with Gasteiger partial charge < -0.3 is 19.5 Å². The van der Waals surface area contributed by atoms with Crippen molar-refractivity contribution < 1.29 is 9.21 Å². The molecule has 1 aliphatic heterocycles. The van der Waals surface area contributed by atoms with E-state index in [2.05, 4.69) is 29.2 Å². The number of hydrogen-bond donors (Lipinski definition) is 1. The standard InChI is InChI=1S/C15H25N3O2/c1-17-8-9-18(2)13(12-17)11-15(19)16-7-3-5-14-6-4-10-20-14/h4,6,10,13H,3,5,7-9,11-12H2,1-2H3,(H,16,19)/t13-/m0/s1. The molecule has 0 saturated carbocycles. The quantitative estimate of drug-likeness (QED) is 0.788. The average Bonchev–Trinajstić information content (AvgIpc) is 2.92. The van der Waals surface area contributed by atoms with E-state index in [4.69, 9.17) is 4.42 Å². The van der Waals surface area contributed by atoms with Gasteiger partial charge in [-0.25, -0.2) is 0 Å². The Kier molecular flexibility index (Phi) is 5.61. The van der Waals surface area contributed by atoms with E-state index >= 15 is 0 Å². The van der Waals surface area contributed by atoms with Crippen LogP contribution in [0.15, 0.2) is 22.8 Å². The summed E-state index contributed by atoms with van der Waals surface area (Å²) in [6.45, 7) is 3.80. The summed E-state index contributed by atoms with van der Waals surface area (Å²) >= 11 is 0. The molecule has 20 heavy (non-hydrogen) atoms. The number of aryl methyl sites for hydroxylation is 1. The number of hydrogen-bond acceptors (Lipinski definition) is 4. The van der Waals surface area contributed by atoms with Crippen molar-refractivity contribution in [3.8, 4) is 0 Å². The van der Waals surface area contributed by atoms with Crippen LogP contribution in [0.2, 0.25) is 0 Å². The van der Waals surface area contributed by atoms with Crippen LogP contribution in [0.25, 0.3) is 0 Å². The highest BCUT2D eigenvalue weighted by Crippen LogP contribution is 2.09. The van der Waals surface area contributed by atoms with E-state index in [-0.39, 0.29) is 5.91 Å². The first-order valence-corrected chi connectivity index (χ1v) is 7.33. The Bertz CT molecular complexity index is 405. The highest BCUT2D eigenvalue weighted by Gasteiger charge is 2.24. The Balaban J connectivity index is 1.62. The van der Waals surface area contributed by atoms with Crippen molar-refractivity contribution in [2.45, 2.75) is 25.3 Å². The third-order valence-electron chi connectivity index (χ3n) is 3.90. The molecular weight excluding hydrogens is 254 g/mol. The fourth-order valence-corrected chi connectivity index (χ4v) is 2.55. The molecule has 1 aromatic heterocycles. The van der Waals surface area contributed by atoms with Gasteiger partial charge in [0.2, 0.25) is 5.91 Å². The van der Waals surface area contributed by atoms with E-state index in [0.29, 0.717) is 19.0 Å². The number of carbonyl (C=O) groups excluding carboxylic acids is 1. The van der Waals surface area contributed by atoms with Gasteiger partial charge in [0.25, 0.3) is 0 Å². The number of piperazine rings is 1. The third-order valence-corrected chi connectivity index (χ3v) is 3.90. The third kappa shape index (κ3) is 4.65. The van der Waals surface area contributed by atoms with Crippen molar-refractivity contribution in [1.82, 2.24) is 15.1 Å². The van der Waals surface area contributed by atoms with Gasteiger partial charge in [-0.05, 0) is 32.6 Å². The molecule has 0 aromatic carbocycles. The maximum absolute atomic E-state index is 11.9. The monoisotopic (exact) mass is 279 g/mol. The Hall–Kier alpha value is -1.33. The summed E-state index contributed by atoms with van der Waals surface area (Å²) in [6, 6.07) is 4.19. The summed E-state index contributed by atoms with van der Waals surface area (Å²) in [4.78, 5) is 16.5. The van der Waals surface area contributed by atoms with E-state index in [0.717, 1.165) is 38.2 Å². The number of nitrogens with one attached hydrogen (secondary N) is 1. The maximum atomic E-state index is 11.9. The first kappa shape index (κ1) is 15.1. The summed E-state index contributed by atoms with van der Waals surface area (Å²) in [7, 11) is 4.21. The van der Waals surface area contributed by atoms with Gasteiger partial charge >= 0.3 is 0 Å². The van der Waals surface area contributed by atoms with Gasteiger partial charge in [-0.3, -0.25) is 4.79 Å². The highest BCUT2D eigenvalue weighted by molar-refractivity contribution is 5.76. The Morgan fingerprint density at radius 1 is 1.45 bits per heavy atom. The van der Waals surface area contributed by atoms with E-state index in [1.807, 2.05) is 12.1 Å². The van der Waals surface area contributed by atoms with Crippen LogP contribution < -0.4 is 5.32 Å². The lowest BCUT2D eigenvalue weighted by atomic mass is 10.1. The predicted octanol–water partition coefficient (Wildman–Crippen LogP) is 0.964. The first-order chi connectivity index (χ1) is 9.65. The molecule has 1 amide bonds. The summed E-state index contributed by atoms with van der Waals surface area (Å²) in [5, 5.41) is 3.00. The topological polar surface area (TPSA) is 48.7 Å². The minimum atomic E-state index is 0.150. The molecule has 0 radical (unpaired) electrons. The largest absolute Gasteiger partial charge is 0.469 e. The van der Waals surface area contributed by atoms with Crippen LogP contribution in [-0.4, -0.2) is 62.0 Å². The van der Waals surface area contributed by atoms with E-state index < -0.39 is 0 Å². The van der Waals surface area contributed by atoms with Crippen LogP contribution in [-0.2, 0) is 11.2 Å². The SMILES string of the molecule is CN1CCN(C)[C@@H](CC(=O)NCCCc2ccco2)C1. The molecule has 1 saturated heterocycles. The van der Waals surface area contributed by atoms with E-state index in [1.165, 1.54) is 0 Å². The van der Waals surface area contributed by atoms with Crippen LogP contribution in [0.4, 0.5) is 0 Å². The second kappa shape index (κ2) is 7.45. The zero-order valence-corrected chi connectivity index (χ0v) is 12.5. The predicted molar refractivity (Wildman–Crippen MR) is 78.6 cm³/mol. The molecule has 112 valence electrons. The molecule has 1 atom stereocenters. The molecule has 1 fully saturated rings. The van der Waals surface area contributed by atoms with Crippen LogP contribution in [0.1, 0.15) is 18.6 Å².